The Labute approximate surface area is 101 Å². The van der Waals surface area contributed by atoms with Gasteiger partial charge >= 0.3 is 0 Å². The second-order valence-corrected chi connectivity index (χ2v) is 4.73. The fourth-order valence-corrected chi connectivity index (χ4v) is 2.01. The van der Waals surface area contributed by atoms with Gasteiger partial charge in [-0.3, -0.25) is 0 Å². The summed E-state index contributed by atoms with van der Waals surface area (Å²) in [5, 5.41) is 9.38. The SMILES string of the molecule is Cc1cc(Cl)c(OCC2CC2)c(CC#N)c1. The summed E-state index contributed by atoms with van der Waals surface area (Å²) in [4.78, 5) is 0. The van der Waals surface area contributed by atoms with E-state index >= 15 is 0 Å². The summed E-state index contributed by atoms with van der Waals surface area (Å²) in [7, 11) is 0. The van der Waals surface area contributed by atoms with E-state index in [-0.39, 0.29) is 0 Å². The van der Waals surface area contributed by atoms with Crippen LogP contribution >= 0.6 is 11.6 Å². The summed E-state index contributed by atoms with van der Waals surface area (Å²) in [6, 6.07) is 5.99. The van der Waals surface area contributed by atoms with Crippen LogP contribution in [0.2, 0.25) is 5.02 Å². The van der Waals surface area contributed by atoms with Crippen LogP contribution < -0.4 is 4.74 Å². The van der Waals surface area contributed by atoms with Gasteiger partial charge in [0.2, 0.25) is 0 Å². The minimum absolute atomic E-state index is 0.349. The highest BCUT2D eigenvalue weighted by Gasteiger charge is 2.23. The second kappa shape index (κ2) is 4.76. The zero-order valence-corrected chi connectivity index (χ0v) is 10.0. The maximum absolute atomic E-state index is 8.77. The van der Waals surface area contributed by atoms with E-state index in [0.717, 1.165) is 17.7 Å². The van der Waals surface area contributed by atoms with Crippen molar-refractivity contribution in [3.63, 3.8) is 0 Å². The largest absolute Gasteiger partial charge is 0.491 e. The molecule has 1 aromatic carbocycles. The van der Waals surface area contributed by atoms with Crippen LogP contribution in [-0.4, -0.2) is 6.61 Å². The van der Waals surface area contributed by atoms with Gasteiger partial charge in [-0.2, -0.15) is 5.26 Å². The first-order valence-electron chi connectivity index (χ1n) is 5.49. The molecule has 0 aromatic heterocycles. The summed E-state index contributed by atoms with van der Waals surface area (Å²) in [5.41, 5.74) is 1.96. The number of aryl methyl sites for hydroxylation is 1. The summed E-state index contributed by atoms with van der Waals surface area (Å²) in [6.07, 6.45) is 2.84. The second-order valence-electron chi connectivity index (χ2n) is 4.32. The topological polar surface area (TPSA) is 33.0 Å². The molecule has 0 heterocycles. The third-order valence-electron chi connectivity index (χ3n) is 2.69. The Morgan fingerprint density at radius 3 is 2.88 bits per heavy atom. The van der Waals surface area contributed by atoms with Crippen molar-refractivity contribution in [1.29, 1.82) is 5.26 Å². The Morgan fingerprint density at radius 2 is 2.25 bits per heavy atom. The number of benzene rings is 1. The van der Waals surface area contributed by atoms with Crippen molar-refractivity contribution in [2.75, 3.05) is 6.61 Å². The van der Waals surface area contributed by atoms with Crippen molar-refractivity contribution in [3.8, 4) is 11.8 Å². The van der Waals surface area contributed by atoms with Gasteiger partial charge in [0, 0.05) is 5.56 Å². The average Bonchev–Trinajstić information content (AvgIpc) is 3.00. The fraction of sp³-hybridized carbons (Fsp3) is 0.462. The molecule has 0 saturated heterocycles. The molecular weight excluding hydrogens is 222 g/mol. The Bertz CT molecular complexity index is 432. The number of nitrogens with zero attached hydrogens (tertiary/aromatic N) is 1. The molecule has 3 heteroatoms. The highest BCUT2D eigenvalue weighted by Crippen LogP contribution is 2.34. The maximum Gasteiger partial charge on any atom is 0.142 e. The molecule has 0 unspecified atom stereocenters. The quantitative estimate of drug-likeness (QED) is 0.800. The molecule has 1 aliphatic carbocycles. The Morgan fingerprint density at radius 1 is 1.50 bits per heavy atom. The summed E-state index contributed by atoms with van der Waals surface area (Å²) < 4.78 is 5.72. The van der Waals surface area contributed by atoms with Crippen LogP contribution in [0.25, 0.3) is 0 Å². The summed E-state index contributed by atoms with van der Waals surface area (Å²) in [6.45, 7) is 2.69. The van der Waals surface area contributed by atoms with Crippen molar-refractivity contribution < 1.29 is 4.74 Å². The first-order chi connectivity index (χ1) is 7.70. The van der Waals surface area contributed by atoms with Crippen molar-refractivity contribution in [2.45, 2.75) is 26.2 Å². The predicted octanol–water partition coefficient (Wildman–Crippen LogP) is 3.50. The fourth-order valence-electron chi connectivity index (χ4n) is 1.66. The van der Waals surface area contributed by atoms with Crippen LogP contribution in [0.4, 0.5) is 0 Å². The molecule has 2 rings (SSSR count). The van der Waals surface area contributed by atoms with Gasteiger partial charge in [0.05, 0.1) is 24.1 Å². The normalized spacial score (nSPS) is 14.6. The average molecular weight is 236 g/mol. The maximum atomic E-state index is 8.77. The van der Waals surface area contributed by atoms with E-state index < -0.39 is 0 Å². The summed E-state index contributed by atoms with van der Waals surface area (Å²) >= 11 is 6.14. The van der Waals surface area contributed by atoms with E-state index in [1.165, 1.54) is 12.8 Å². The molecule has 0 bridgehead atoms. The van der Waals surface area contributed by atoms with Crippen LogP contribution in [0, 0.1) is 24.2 Å². The number of nitriles is 1. The zero-order chi connectivity index (χ0) is 11.5. The number of halogens is 1. The van der Waals surface area contributed by atoms with Gasteiger partial charge in [-0.25, -0.2) is 0 Å². The van der Waals surface area contributed by atoms with E-state index in [9.17, 15) is 0 Å². The van der Waals surface area contributed by atoms with Crippen molar-refractivity contribution in [2.24, 2.45) is 5.92 Å². The zero-order valence-electron chi connectivity index (χ0n) is 9.29. The molecule has 1 aliphatic rings. The molecule has 16 heavy (non-hydrogen) atoms. The molecule has 2 nitrogen and oxygen atoms in total. The molecular formula is C13H14ClNO. The lowest BCUT2D eigenvalue weighted by Gasteiger charge is -2.12. The Balaban J connectivity index is 2.21. The first kappa shape index (κ1) is 11.3. The van der Waals surface area contributed by atoms with Crippen molar-refractivity contribution in [1.82, 2.24) is 0 Å². The number of ether oxygens (including phenoxy) is 1. The van der Waals surface area contributed by atoms with E-state index in [2.05, 4.69) is 6.07 Å². The highest BCUT2D eigenvalue weighted by molar-refractivity contribution is 6.32. The van der Waals surface area contributed by atoms with E-state index in [4.69, 9.17) is 21.6 Å². The van der Waals surface area contributed by atoms with E-state index in [1.54, 1.807) is 0 Å². The molecule has 84 valence electrons. The van der Waals surface area contributed by atoms with Gasteiger partial charge < -0.3 is 4.74 Å². The molecule has 1 saturated carbocycles. The highest BCUT2D eigenvalue weighted by atomic mass is 35.5. The molecule has 0 radical (unpaired) electrons. The lowest BCUT2D eigenvalue weighted by Crippen LogP contribution is -2.02. The minimum Gasteiger partial charge on any atom is -0.491 e. The van der Waals surface area contributed by atoms with Crippen LogP contribution in [-0.2, 0) is 6.42 Å². The minimum atomic E-state index is 0.349. The van der Waals surface area contributed by atoms with Gasteiger partial charge in [0.25, 0.3) is 0 Å². The Kier molecular flexibility index (Phi) is 3.36. The smallest absolute Gasteiger partial charge is 0.142 e. The van der Waals surface area contributed by atoms with Crippen LogP contribution in [0.15, 0.2) is 12.1 Å². The third-order valence-corrected chi connectivity index (χ3v) is 2.98. The monoisotopic (exact) mass is 235 g/mol. The molecule has 0 atom stereocenters. The third kappa shape index (κ3) is 2.68. The van der Waals surface area contributed by atoms with Gasteiger partial charge in [-0.1, -0.05) is 17.7 Å². The van der Waals surface area contributed by atoms with Gasteiger partial charge in [0.1, 0.15) is 5.75 Å². The number of hydrogen-bond donors (Lipinski definition) is 0. The van der Waals surface area contributed by atoms with E-state index in [1.807, 2.05) is 19.1 Å². The predicted molar refractivity (Wildman–Crippen MR) is 63.7 cm³/mol. The molecule has 0 amide bonds. The lowest BCUT2D eigenvalue weighted by atomic mass is 10.1. The molecule has 0 aliphatic heterocycles. The van der Waals surface area contributed by atoms with Crippen molar-refractivity contribution in [3.05, 3.63) is 28.3 Å². The van der Waals surface area contributed by atoms with Crippen LogP contribution in [0.1, 0.15) is 24.0 Å². The molecule has 0 spiro atoms. The van der Waals surface area contributed by atoms with E-state index in [0.29, 0.717) is 23.1 Å². The standard InChI is InChI=1S/C13H14ClNO/c1-9-6-11(4-5-15)13(12(14)7-9)16-8-10-2-3-10/h6-7,10H,2-4,8H2,1H3. The first-order valence-corrected chi connectivity index (χ1v) is 5.87. The van der Waals surface area contributed by atoms with Gasteiger partial charge in [-0.05, 0) is 37.3 Å². The molecule has 1 aromatic rings. The Hall–Kier alpha value is -1.20. The van der Waals surface area contributed by atoms with Gasteiger partial charge in [0.15, 0.2) is 0 Å². The molecule has 0 N–H and O–H groups in total. The van der Waals surface area contributed by atoms with Crippen LogP contribution in [0.3, 0.4) is 0 Å². The number of hydrogen-bond acceptors (Lipinski definition) is 2. The molecule has 1 fully saturated rings. The number of rotatable bonds is 4. The lowest BCUT2D eigenvalue weighted by molar-refractivity contribution is 0.297. The summed E-state index contributed by atoms with van der Waals surface area (Å²) in [5.74, 6) is 1.38. The van der Waals surface area contributed by atoms with Gasteiger partial charge in [-0.15, -0.1) is 0 Å². The van der Waals surface area contributed by atoms with Crippen LogP contribution in [0.5, 0.6) is 5.75 Å². The van der Waals surface area contributed by atoms with Crippen molar-refractivity contribution >= 4 is 11.6 Å².